The minimum absolute atomic E-state index is 0. The van der Waals surface area contributed by atoms with Gasteiger partial charge in [-0.1, -0.05) is 20.8 Å². The zero-order chi connectivity index (χ0) is 17.6. The van der Waals surface area contributed by atoms with Crippen molar-refractivity contribution >= 4 is 17.3 Å². The zero-order valence-corrected chi connectivity index (χ0v) is 15.2. The molecule has 6 nitrogen and oxygen atoms in total. The van der Waals surface area contributed by atoms with Crippen LogP contribution in [0.2, 0.25) is 0 Å². The third-order valence-electron chi connectivity index (χ3n) is 1.22. The van der Waals surface area contributed by atoms with Crippen LogP contribution in [0.15, 0.2) is 35.5 Å². The van der Waals surface area contributed by atoms with E-state index in [0.29, 0.717) is 0 Å². The number of hydrogen-bond acceptors (Lipinski definition) is 6. The van der Waals surface area contributed by atoms with Crippen LogP contribution in [0, 0.1) is 0 Å². The maximum Gasteiger partial charge on any atom is 3.00 e. The van der Waals surface area contributed by atoms with Gasteiger partial charge in [0.25, 0.3) is 0 Å². The summed E-state index contributed by atoms with van der Waals surface area (Å²) >= 11 is 0. The number of carbonyl (C=O) groups is 3. The SMILES string of the molecule is CC(=O)/C=C(/C)[O-].CC(=O)/C=C(/C)[O-].CC(=O)/C=C(/C)[O-].[Ti+3]. The van der Waals surface area contributed by atoms with E-state index in [-0.39, 0.29) is 56.3 Å². The van der Waals surface area contributed by atoms with Crippen LogP contribution in [-0.2, 0) is 36.1 Å². The molecule has 0 aliphatic rings. The molecule has 0 aromatic carbocycles. The largest absolute Gasteiger partial charge is 3.00 e. The summed E-state index contributed by atoms with van der Waals surface area (Å²) in [6.07, 6.45) is 3.17. The van der Waals surface area contributed by atoms with E-state index in [0.717, 1.165) is 18.2 Å². The Hall–Kier alpha value is -1.66. The number of hydrogen-bond donors (Lipinski definition) is 0. The molecule has 0 unspecified atom stereocenters. The molecule has 0 amide bonds. The van der Waals surface area contributed by atoms with E-state index < -0.39 is 0 Å². The molecule has 0 aromatic rings. The summed E-state index contributed by atoms with van der Waals surface area (Å²) in [5.41, 5.74) is 0. The standard InChI is InChI=1S/3C5H8O2.Ti/c3*1-4(6)3-5(2)7;/h3*3,6H,1-2H3;/q;;;+3/p-3/b3*4-3-;. The summed E-state index contributed by atoms with van der Waals surface area (Å²) in [7, 11) is 0. The number of carbonyl (C=O) groups excluding carboxylic acids is 3. The topological polar surface area (TPSA) is 120 Å². The third kappa shape index (κ3) is 51.6. The van der Waals surface area contributed by atoms with Crippen molar-refractivity contribution in [3.8, 4) is 0 Å². The Morgan fingerprint density at radius 3 is 0.682 bits per heavy atom. The van der Waals surface area contributed by atoms with Crippen LogP contribution < -0.4 is 15.3 Å². The van der Waals surface area contributed by atoms with Crippen molar-refractivity contribution in [1.82, 2.24) is 0 Å². The summed E-state index contributed by atoms with van der Waals surface area (Å²) in [4.78, 5) is 29.9. The number of rotatable bonds is 3. The van der Waals surface area contributed by atoms with Crippen molar-refractivity contribution in [3.63, 3.8) is 0 Å². The first-order valence-corrected chi connectivity index (χ1v) is 5.96. The maximum atomic E-state index is 9.98. The summed E-state index contributed by atoms with van der Waals surface area (Å²) in [6, 6.07) is 0. The van der Waals surface area contributed by atoms with E-state index in [1.807, 2.05) is 0 Å². The Morgan fingerprint density at radius 1 is 0.545 bits per heavy atom. The van der Waals surface area contributed by atoms with Crippen molar-refractivity contribution in [2.45, 2.75) is 41.5 Å². The second-order valence-electron chi connectivity index (χ2n) is 4.10. The Morgan fingerprint density at radius 2 is 0.682 bits per heavy atom. The first kappa shape index (κ1) is 28.5. The molecule has 0 atom stereocenters. The molecule has 0 rings (SSSR count). The maximum absolute atomic E-state index is 9.98. The van der Waals surface area contributed by atoms with Crippen LogP contribution in [0.3, 0.4) is 0 Å². The molecule has 22 heavy (non-hydrogen) atoms. The Bertz CT molecular complexity index is 368. The summed E-state index contributed by atoms with van der Waals surface area (Å²) in [6.45, 7) is 8.09. The van der Waals surface area contributed by atoms with Crippen molar-refractivity contribution in [3.05, 3.63) is 35.5 Å². The molecular formula is C15H21O6Ti. The second kappa shape index (κ2) is 17.4. The summed E-state index contributed by atoms with van der Waals surface area (Å²) in [5, 5.41) is 29.9. The average Bonchev–Trinajstić information content (AvgIpc) is 2.10. The van der Waals surface area contributed by atoms with Gasteiger partial charge in [-0.05, 0) is 39.0 Å². The van der Waals surface area contributed by atoms with Crippen molar-refractivity contribution < 1.29 is 51.4 Å². The Kier molecular flexibility index (Phi) is 22.5. The van der Waals surface area contributed by atoms with Gasteiger partial charge >= 0.3 is 21.7 Å². The molecule has 1 radical (unpaired) electrons. The van der Waals surface area contributed by atoms with Crippen LogP contribution in [0.5, 0.6) is 0 Å². The minimum atomic E-state index is -0.187. The molecule has 0 aromatic heterocycles. The van der Waals surface area contributed by atoms with E-state index in [9.17, 15) is 29.7 Å². The van der Waals surface area contributed by atoms with Gasteiger partial charge in [0.15, 0.2) is 17.3 Å². The first-order valence-electron chi connectivity index (χ1n) is 5.96. The van der Waals surface area contributed by atoms with Gasteiger partial charge < -0.3 is 15.3 Å². The molecule has 0 bridgehead atoms. The fourth-order valence-corrected chi connectivity index (χ4v) is 0.859. The fraction of sp³-hybridized carbons (Fsp3) is 0.400. The van der Waals surface area contributed by atoms with Crippen molar-refractivity contribution in [2.75, 3.05) is 0 Å². The summed E-state index contributed by atoms with van der Waals surface area (Å²) in [5.74, 6) is -1.12. The van der Waals surface area contributed by atoms with Crippen LogP contribution in [0.4, 0.5) is 0 Å². The predicted octanol–water partition coefficient (Wildman–Crippen LogP) is -0.484. The van der Waals surface area contributed by atoms with Gasteiger partial charge in [0.05, 0.1) is 0 Å². The van der Waals surface area contributed by atoms with Gasteiger partial charge in [0.2, 0.25) is 0 Å². The molecule has 0 aliphatic carbocycles. The van der Waals surface area contributed by atoms with Gasteiger partial charge in [-0.25, -0.2) is 0 Å². The first-order chi connectivity index (χ1) is 9.38. The van der Waals surface area contributed by atoms with Gasteiger partial charge in [0.1, 0.15) is 0 Å². The Balaban J connectivity index is -0.000000108. The average molecular weight is 345 g/mol. The van der Waals surface area contributed by atoms with Crippen LogP contribution in [0.25, 0.3) is 0 Å². The van der Waals surface area contributed by atoms with Gasteiger partial charge in [0, 0.05) is 0 Å². The monoisotopic (exact) mass is 345 g/mol. The smallest absolute Gasteiger partial charge is 0.876 e. The summed E-state index contributed by atoms with van der Waals surface area (Å²) < 4.78 is 0. The zero-order valence-electron chi connectivity index (χ0n) is 13.7. The molecule has 7 heteroatoms. The Labute approximate surface area is 146 Å². The van der Waals surface area contributed by atoms with Crippen LogP contribution in [0.1, 0.15) is 41.5 Å². The molecule has 0 aliphatic heterocycles. The van der Waals surface area contributed by atoms with E-state index in [2.05, 4.69) is 0 Å². The van der Waals surface area contributed by atoms with Gasteiger partial charge in [-0.3, -0.25) is 14.4 Å². The molecule has 0 heterocycles. The van der Waals surface area contributed by atoms with Crippen LogP contribution in [-0.4, -0.2) is 17.3 Å². The van der Waals surface area contributed by atoms with Crippen molar-refractivity contribution in [1.29, 1.82) is 0 Å². The molecule has 121 valence electrons. The number of ketones is 3. The van der Waals surface area contributed by atoms with E-state index in [1.54, 1.807) is 0 Å². The minimum Gasteiger partial charge on any atom is -0.876 e. The second-order valence-corrected chi connectivity index (χ2v) is 4.10. The molecule has 0 spiro atoms. The molecular weight excluding hydrogens is 324 g/mol. The van der Waals surface area contributed by atoms with Gasteiger partial charge in [-0.15, -0.1) is 17.3 Å². The van der Waals surface area contributed by atoms with Gasteiger partial charge in [-0.2, -0.15) is 0 Å². The van der Waals surface area contributed by atoms with Crippen LogP contribution >= 0.6 is 0 Å². The van der Waals surface area contributed by atoms with E-state index in [4.69, 9.17) is 0 Å². The number of allylic oxidation sites excluding steroid dienone is 6. The normalized spacial score (nSPS) is 10.9. The predicted molar refractivity (Wildman–Crippen MR) is 73.3 cm³/mol. The third-order valence-corrected chi connectivity index (χ3v) is 1.22. The molecule has 0 saturated heterocycles. The molecule has 0 fully saturated rings. The fourth-order valence-electron chi connectivity index (χ4n) is 0.859. The van der Waals surface area contributed by atoms with E-state index in [1.165, 1.54) is 41.5 Å². The molecule has 0 N–H and O–H groups in total. The molecule has 0 saturated carbocycles. The van der Waals surface area contributed by atoms with Crippen molar-refractivity contribution in [2.24, 2.45) is 0 Å². The van der Waals surface area contributed by atoms with E-state index >= 15 is 0 Å². The quantitative estimate of drug-likeness (QED) is 0.387.